The molecule has 1 unspecified atom stereocenters. The number of likely N-dealkylation sites (tertiary alicyclic amines) is 1. The maximum atomic E-state index is 12.9. The molecule has 0 spiro atoms. The molecule has 1 atom stereocenters. The Morgan fingerprint density at radius 3 is 2.48 bits per heavy atom. The van der Waals surface area contributed by atoms with Crippen LogP contribution in [0.5, 0.6) is 0 Å². The number of hydrogen-bond acceptors (Lipinski definition) is 5. The molecule has 3 heterocycles. The quantitative estimate of drug-likeness (QED) is 0.655. The molecule has 6 nitrogen and oxygen atoms in total. The molecule has 31 heavy (non-hydrogen) atoms. The van der Waals surface area contributed by atoms with E-state index in [1.54, 1.807) is 0 Å². The summed E-state index contributed by atoms with van der Waals surface area (Å²) in [6.07, 6.45) is 2.25. The number of piperidine rings is 1. The summed E-state index contributed by atoms with van der Waals surface area (Å²) in [5.74, 6) is 2.04. The van der Waals surface area contributed by atoms with Gasteiger partial charge < -0.3 is 14.2 Å². The average Bonchev–Trinajstić information content (AvgIpc) is 3.16. The summed E-state index contributed by atoms with van der Waals surface area (Å²) in [6, 6.07) is 8.77. The van der Waals surface area contributed by atoms with E-state index in [1.165, 1.54) is 6.07 Å². The van der Waals surface area contributed by atoms with Crippen molar-refractivity contribution in [1.29, 1.82) is 0 Å². The van der Waals surface area contributed by atoms with E-state index in [2.05, 4.69) is 17.1 Å². The third kappa shape index (κ3) is 4.59. The molecule has 2 aromatic heterocycles. The highest BCUT2D eigenvalue weighted by Gasteiger charge is 2.27. The molecule has 1 aliphatic heterocycles. The van der Waals surface area contributed by atoms with Crippen molar-refractivity contribution in [3.8, 4) is 0 Å². The second-order valence-electron chi connectivity index (χ2n) is 8.80. The molecule has 0 aliphatic carbocycles. The molecule has 6 heteroatoms. The van der Waals surface area contributed by atoms with Crippen LogP contribution in [0.1, 0.15) is 59.0 Å². The Morgan fingerprint density at radius 1 is 1.10 bits per heavy atom. The van der Waals surface area contributed by atoms with Crippen LogP contribution in [-0.4, -0.2) is 30.4 Å². The summed E-state index contributed by atoms with van der Waals surface area (Å²) in [7, 11) is 0. The van der Waals surface area contributed by atoms with Gasteiger partial charge in [0.05, 0.1) is 11.4 Å². The Balaban J connectivity index is 1.55. The number of carbonyl (C=O) groups is 1. The number of amides is 1. The lowest BCUT2D eigenvalue weighted by Crippen LogP contribution is -2.41. The first kappa shape index (κ1) is 21.4. The summed E-state index contributed by atoms with van der Waals surface area (Å²) in [5, 5.41) is 3.45. The first-order valence-electron chi connectivity index (χ1n) is 11.0. The van der Waals surface area contributed by atoms with Crippen molar-refractivity contribution < 1.29 is 13.6 Å². The highest BCUT2D eigenvalue weighted by atomic mass is 16.3. The number of fused-ring (bicyclic) bond motifs is 1. The largest absolute Gasteiger partial charge is 0.465 e. The normalized spacial score (nSPS) is 16.5. The molecule has 1 fully saturated rings. The lowest BCUT2D eigenvalue weighted by atomic mass is 9.97. The van der Waals surface area contributed by atoms with Gasteiger partial charge in [-0.1, -0.05) is 6.92 Å². The maximum absolute atomic E-state index is 12.9. The summed E-state index contributed by atoms with van der Waals surface area (Å²) in [4.78, 5) is 27.8. The van der Waals surface area contributed by atoms with E-state index in [-0.39, 0.29) is 17.2 Å². The van der Waals surface area contributed by atoms with Gasteiger partial charge in [0, 0.05) is 12.6 Å². The summed E-state index contributed by atoms with van der Waals surface area (Å²) < 4.78 is 11.7. The monoisotopic (exact) mass is 422 g/mol. The standard InChI is InChI=1S/C25H30N2O4/c1-15-7-9-27(10-8-15)20(22-6-5-18(4)30-22)14-26-25(29)24-13-21(28)19-11-16(2)17(3)12-23(19)31-24/h5-6,11-13,15,20H,7-10,14H2,1-4H3,(H,26,29). The summed E-state index contributed by atoms with van der Waals surface area (Å²) in [6.45, 7) is 10.4. The van der Waals surface area contributed by atoms with Gasteiger partial charge in [-0.3, -0.25) is 14.5 Å². The number of furan rings is 1. The van der Waals surface area contributed by atoms with Crippen LogP contribution in [0.15, 0.2) is 44.0 Å². The van der Waals surface area contributed by atoms with Gasteiger partial charge in [0.15, 0.2) is 11.2 Å². The first-order chi connectivity index (χ1) is 14.8. The van der Waals surface area contributed by atoms with Crippen LogP contribution in [0, 0.1) is 26.7 Å². The van der Waals surface area contributed by atoms with Crippen LogP contribution in [-0.2, 0) is 0 Å². The molecule has 1 amide bonds. The van der Waals surface area contributed by atoms with E-state index >= 15 is 0 Å². The maximum Gasteiger partial charge on any atom is 0.287 e. The van der Waals surface area contributed by atoms with Crippen LogP contribution >= 0.6 is 0 Å². The minimum atomic E-state index is -0.393. The van der Waals surface area contributed by atoms with Gasteiger partial charge in [0.2, 0.25) is 0 Å². The molecular weight excluding hydrogens is 392 g/mol. The molecule has 0 radical (unpaired) electrons. The lowest BCUT2D eigenvalue weighted by molar-refractivity contribution is 0.0870. The van der Waals surface area contributed by atoms with E-state index in [4.69, 9.17) is 8.83 Å². The predicted octanol–water partition coefficient (Wildman–Crippen LogP) is 4.51. The Bertz CT molecular complexity index is 1150. The van der Waals surface area contributed by atoms with E-state index in [1.807, 2.05) is 45.0 Å². The Kier molecular flexibility index (Phi) is 6.01. The van der Waals surface area contributed by atoms with Crippen molar-refractivity contribution in [2.24, 2.45) is 5.92 Å². The summed E-state index contributed by atoms with van der Waals surface area (Å²) >= 11 is 0. The predicted molar refractivity (Wildman–Crippen MR) is 120 cm³/mol. The fourth-order valence-electron chi connectivity index (χ4n) is 4.18. The third-order valence-electron chi connectivity index (χ3n) is 6.37. The molecule has 1 aliphatic rings. The van der Waals surface area contributed by atoms with E-state index in [0.717, 1.165) is 48.6 Å². The minimum absolute atomic E-state index is 0.0300. The number of nitrogens with zero attached hydrogens (tertiary/aromatic N) is 1. The van der Waals surface area contributed by atoms with E-state index < -0.39 is 5.91 Å². The molecule has 0 bridgehead atoms. The third-order valence-corrected chi connectivity index (χ3v) is 6.37. The van der Waals surface area contributed by atoms with Gasteiger partial charge >= 0.3 is 0 Å². The molecule has 164 valence electrons. The highest BCUT2D eigenvalue weighted by molar-refractivity contribution is 5.93. The fraction of sp³-hybridized carbons (Fsp3) is 0.440. The van der Waals surface area contributed by atoms with Gasteiger partial charge in [-0.05, 0) is 88.0 Å². The highest BCUT2D eigenvalue weighted by Crippen LogP contribution is 2.28. The summed E-state index contributed by atoms with van der Waals surface area (Å²) in [5.41, 5.74) is 2.26. The van der Waals surface area contributed by atoms with Crippen LogP contribution in [0.4, 0.5) is 0 Å². The topological polar surface area (TPSA) is 75.7 Å². The second-order valence-corrected chi connectivity index (χ2v) is 8.80. The SMILES string of the molecule is Cc1ccc(C(CNC(=O)c2cc(=O)c3cc(C)c(C)cc3o2)N2CCC(C)CC2)o1. The van der Waals surface area contributed by atoms with Gasteiger partial charge in [-0.15, -0.1) is 0 Å². The van der Waals surface area contributed by atoms with Crippen molar-refractivity contribution in [3.05, 3.63) is 69.0 Å². The lowest BCUT2D eigenvalue weighted by Gasteiger charge is -2.35. The zero-order valence-electron chi connectivity index (χ0n) is 18.7. The molecule has 1 N–H and O–H groups in total. The number of hydrogen-bond donors (Lipinski definition) is 1. The number of aryl methyl sites for hydroxylation is 3. The number of carbonyl (C=O) groups excluding carboxylic acids is 1. The smallest absolute Gasteiger partial charge is 0.287 e. The van der Waals surface area contributed by atoms with Crippen molar-refractivity contribution in [2.75, 3.05) is 19.6 Å². The number of nitrogens with one attached hydrogen (secondary N) is 1. The average molecular weight is 423 g/mol. The van der Waals surface area contributed by atoms with Gasteiger partial charge in [-0.2, -0.15) is 0 Å². The van der Waals surface area contributed by atoms with E-state index in [0.29, 0.717) is 23.4 Å². The van der Waals surface area contributed by atoms with Crippen molar-refractivity contribution >= 4 is 16.9 Å². The van der Waals surface area contributed by atoms with Crippen molar-refractivity contribution in [2.45, 2.75) is 46.6 Å². The number of rotatable bonds is 5. The second kappa shape index (κ2) is 8.71. The van der Waals surface area contributed by atoms with Crippen molar-refractivity contribution in [3.63, 3.8) is 0 Å². The molecular formula is C25H30N2O4. The first-order valence-corrected chi connectivity index (χ1v) is 11.0. The van der Waals surface area contributed by atoms with Gasteiger partial charge in [0.25, 0.3) is 5.91 Å². The molecule has 4 rings (SSSR count). The van der Waals surface area contributed by atoms with Crippen LogP contribution < -0.4 is 10.7 Å². The molecule has 3 aromatic rings. The molecule has 0 saturated carbocycles. The van der Waals surface area contributed by atoms with Crippen molar-refractivity contribution in [1.82, 2.24) is 10.2 Å². The minimum Gasteiger partial charge on any atom is -0.465 e. The molecule has 1 saturated heterocycles. The Labute approximate surface area is 182 Å². The zero-order valence-corrected chi connectivity index (χ0v) is 18.7. The van der Waals surface area contributed by atoms with Gasteiger partial charge in [-0.25, -0.2) is 0 Å². The van der Waals surface area contributed by atoms with E-state index in [9.17, 15) is 9.59 Å². The Hall–Kier alpha value is -2.86. The van der Waals surface area contributed by atoms with Crippen LogP contribution in [0.3, 0.4) is 0 Å². The zero-order chi connectivity index (χ0) is 22.1. The Morgan fingerprint density at radius 2 is 1.81 bits per heavy atom. The van der Waals surface area contributed by atoms with Gasteiger partial charge in [0.1, 0.15) is 17.1 Å². The number of benzene rings is 1. The fourth-order valence-corrected chi connectivity index (χ4v) is 4.18. The van der Waals surface area contributed by atoms with Crippen LogP contribution in [0.25, 0.3) is 11.0 Å². The molecule has 1 aromatic carbocycles. The van der Waals surface area contributed by atoms with Crippen LogP contribution in [0.2, 0.25) is 0 Å².